The van der Waals surface area contributed by atoms with Gasteiger partial charge in [0.25, 0.3) is 5.69 Å². The van der Waals surface area contributed by atoms with Crippen molar-refractivity contribution in [2.24, 2.45) is 0 Å². The summed E-state index contributed by atoms with van der Waals surface area (Å²) in [5.41, 5.74) is 2.27. The van der Waals surface area contributed by atoms with Crippen molar-refractivity contribution >= 4 is 22.4 Å². The van der Waals surface area contributed by atoms with Gasteiger partial charge in [0.05, 0.1) is 10.4 Å². The molecule has 1 fully saturated rings. The minimum atomic E-state index is -0.362. The fraction of sp³-hybridized carbons (Fsp3) is 0.250. The molecule has 1 aliphatic heterocycles. The van der Waals surface area contributed by atoms with Gasteiger partial charge in [0.1, 0.15) is 5.82 Å². The van der Waals surface area contributed by atoms with Crippen molar-refractivity contribution in [3.8, 4) is 0 Å². The van der Waals surface area contributed by atoms with E-state index in [1.165, 1.54) is 0 Å². The molecule has 2 heterocycles. The highest BCUT2D eigenvalue weighted by Crippen LogP contribution is 2.20. The first-order valence-electron chi connectivity index (χ1n) is 8.75. The van der Waals surface area contributed by atoms with Gasteiger partial charge in [-0.15, -0.1) is 0 Å². The Balaban J connectivity index is 0.00000210. The summed E-state index contributed by atoms with van der Waals surface area (Å²) in [5, 5.41) is 11.9. The maximum absolute atomic E-state index is 10.7. The van der Waals surface area contributed by atoms with Gasteiger partial charge in [-0.2, -0.15) is 0 Å². The summed E-state index contributed by atoms with van der Waals surface area (Å²) < 4.78 is 0. The quantitative estimate of drug-likeness (QED) is 0.484. The van der Waals surface area contributed by atoms with Crippen LogP contribution in [0.15, 0.2) is 60.7 Å². The molecular weight excluding hydrogens is 364 g/mol. The second-order valence-electron chi connectivity index (χ2n) is 6.55. The predicted molar refractivity (Wildman–Crippen MR) is 102 cm³/mol. The molecule has 0 amide bonds. The van der Waals surface area contributed by atoms with Gasteiger partial charge in [-0.1, -0.05) is 30.3 Å². The highest BCUT2D eigenvalue weighted by Gasteiger charge is 2.18. The molecule has 0 unspecified atom stereocenters. The molecule has 27 heavy (non-hydrogen) atoms. The van der Waals surface area contributed by atoms with Crippen LogP contribution >= 0.6 is 0 Å². The Hall–Kier alpha value is -2.70. The summed E-state index contributed by atoms with van der Waals surface area (Å²) in [7, 11) is 0. The number of pyridine rings is 1. The van der Waals surface area contributed by atoms with E-state index in [1.54, 1.807) is 12.1 Å². The SMILES string of the molecule is O=[N+]([O-])c1ccc(CN2CCN(c3ccc4ccccc4n3)CC2)cc1.[Cl-]. The number of non-ortho nitro benzene ring substituents is 1. The Bertz CT molecular complexity index is 925. The maximum Gasteiger partial charge on any atom is 0.269 e. The van der Waals surface area contributed by atoms with E-state index in [0.29, 0.717) is 0 Å². The normalized spacial score (nSPS) is 14.7. The highest BCUT2D eigenvalue weighted by molar-refractivity contribution is 5.80. The smallest absolute Gasteiger partial charge is 0.269 e. The number of nitro benzene ring substituents is 1. The number of nitro groups is 1. The third-order valence-electron chi connectivity index (χ3n) is 4.83. The van der Waals surface area contributed by atoms with Crippen LogP contribution < -0.4 is 17.3 Å². The van der Waals surface area contributed by atoms with Crippen LogP contribution in [0.5, 0.6) is 0 Å². The number of benzene rings is 2. The number of nitrogens with zero attached hydrogens (tertiary/aromatic N) is 4. The number of para-hydroxylation sites is 1. The predicted octanol–water partition coefficient (Wildman–Crippen LogP) is 0.469. The Morgan fingerprint density at radius 2 is 1.63 bits per heavy atom. The minimum Gasteiger partial charge on any atom is -1.00 e. The number of hydrogen-bond acceptors (Lipinski definition) is 5. The summed E-state index contributed by atoms with van der Waals surface area (Å²) >= 11 is 0. The lowest BCUT2D eigenvalue weighted by molar-refractivity contribution is -0.384. The highest BCUT2D eigenvalue weighted by atomic mass is 35.5. The van der Waals surface area contributed by atoms with E-state index < -0.39 is 0 Å². The molecule has 0 atom stereocenters. The summed E-state index contributed by atoms with van der Waals surface area (Å²) in [6.07, 6.45) is 0. The monoisotopic (exact) mass is 383 g/mol. The van der Waals surface area contributed by atoms with Gasteiger partial charge in [0.2, 0.25) is 0 Å². The molecule has 0 spiro atoms. The van der Waals surface area contributed by atoms with Crippen LogP contribution in [-0.2, 0) is 6.54 Å². The lowest BCUT2D eigenvalue weighted by Crippen LogP contribution is -3.00. The third-order valence-corrected chi connectivity index (χ3v) is 4.83. The number of hydrogen-bond donors (Lipinski definition) is 0. The first kappa shape index (κ1) is 19.1. The summed E-state index contributed by atoms with van der Waals surface area (Å²) in [6, 6.07) is 19.2. The van der Waals surface area contributed by atoms with Crippen LogP contribution in [0.2, 0.25) is 0 Å². The van der Waals surface area contributed by atoms with E-state index >= 15 is 0 Å². The lowest BCUT2D eigenvalue weighted by Gasteiger charge is -2.35. The molecule has 0 saturated carbocycles. The van der Waals surface area contributed by atoms with E-state index in [-0.39, 0.29) is 23.0 Å². The lowest BCUT2D eigenvalue weighted by atomic mass is 10.1. The average molecular weight is 384 g/mol. The van der Waals surface area contributed by atoms with E-state index in [2.05, 4.69) is 28.0 Å². The van der Waals surface area contributed by atoms with E-state index in [1.807, 2.05) is 30.3 Å². The van der Waals surface area contributed by atoms with Crippen molar-refractivity contribution in [3.63, 3.8) is 0 Å². The fourth-order valence-electron chi connectivity index (χ4n) is 3.35. The molecule has 2 aromatic carbocycles. The zero-order chi connectivity index (χ0) is 17.9. The van der Waals surface area contributed by atoms with Crippen molar-refractivity contribution in [1.29, 1.82) is 0 Å². The third kappa shape index (κ3) is 4.35. The van der Waals surface area contributed by atoms with Gasteiger partial charge in [0.15, 0.2) is 0 Å². The standard InChI is InChI=1S/C20H20N4O2.ClH/c25-24(26)18-8-5-16(6-9-18)15-22-11-13-23(14-12-22)20-10-7-17-3-1-2-4-19(17)21-20;/h1-10H,11-15H2;1H/p-1. The molecule has 1 saturated heterocycles. The molecule has 0 N–H and O–H groups in total. The van der Waals surface area contributed by atoms with Gasteiger partial charge in [0, 0.05) is 50.2 Å². The van der Waals surface area contributed by atoms with Gasteiger partial charge in [-0.25, -0.2) is 4.98 Å². The summed E-state index contributed by atoms with van der Waals surface area (Å²) in [4.78, 5) is 19.8. The Morgan fingerprint density at radius 1 is 0.926 bits per heavy atom. The Kier molecular flexibility index (Phi) is 5.88. The average Bonchev–Trinajstić information content (AvgIpc) is 2.68. The van der Waals surface area contributed by atoms with Crippen molar-refractivity contribution < 1.29 is 17.3 Å². The molecule has 0 aliphatic carbocycles. The van der Waals surface area contributed by atoms with E-state index in [9.17, 15) is 10.1 Å². The Morgan fingerprint density at radius 3 is 2.33 bits per heavy atom. The van der Waals surface area contributed by atoms with Crippen LogP contribution in [0.1, 0.15) is 5.56 Å². The molecule has 1 aromatic heterocycles. The van der Waals surface area contributed by atoms with Crippen LogP contribution in [0.25, 0.3) is 10.9 Å². The molecule has 7 heteroatoms. The molecular formula is C20H20ClN4O2-. The molecule has 1 aliphatic rings. The molecule has 3 aromatic rings. The minimum absolute atomic E-state index is 0. The van der Waals surface area contributed by atoms with Gasteiger partial charge in [-0.05, 0) is 23.8 Å². The molecule has 0 bridgehead atoms. The zero-order valence-corrected chi connectivity index (χ0v) is 15.5. The second-order valence-corrected chi connectivity index (χ2v) is 6.55. The van der Waals surface area contributed by atoms with Gasteiger partial charge >= 0.3 is 0 Å². The van der Waals surface area contributed by atoms with Gasteiger partial charge in [-0.3, -0.25) is 15.0 Å². The number of anilines is 1. The number of fused-ring (bicyclic) bond motifs is 1. The van der Waals surface area contributed by atoms with E-state index in [0.717, 1.165) is 55.0 Å². The van der Waals surface area contributed by atoms with Crippen molar-refractivity contribution in [3.05, 3.63) is 76.3 Å². The molecule has 6 nitrogen and oxygen atoms in total. The first-order chi connectivity index (χ1) is 12.7. The molecule has 4 rings (SSSR count). The second kappa shape index (κ2) is 8.33. The van der Waals surface area contributed by atoms with Crippen LogP contribution in [0.3, 0.4) is 0 Å². The zero-order valence-electron chi connectivity index (χ0n) is 14.8. The number of rotatable bonds is 4. The fourth-order valence-corrected chi connectivity index (χ4v) is 3.35. The summed E-state index contributed by atoms with van der Waals surface area (Å²) in [5.74, 6) is 1.03. The van der Waals surface area contributed by atoms with E-state index in [4.69, 9.17) is 4.98 Å². The van der Waals surface area contributed by atoms with Crippen molar-refractivity contribution in [1.82, 2.24) is 9.88 Å². The number of halogens is 1. The van der Waals surface area contributed by atoms with Crippen LogP contribution in [-0.4, -0.2) is 41.0 Å². The van der Waals surface area contributed by atoms with Crippen molar-refractivity contribution in [2.45, 2.75) is 6.54 Å². The largest absolute Gasteiger partial charge is 1.00 e. The van der Waals surface area contributed by atoms with Crippen molar-refractivity contribution in [2.75, 3.05) is 31.1 Å². The molecule has 140 valence electrons. The van der Waals surface area contributed by atoms with Gasteiger partial charge < -0.3 is 17.3 Å². The van der Waals surface area contributed by atoms with Crippen LogP contribution in [0, 0.1) is 10.1 Å². The van der Waals surface area contributed by atoms with Crippen LogP contribution in [0.4, 0.5) is 11.5 Å². The Labute approximate surface area is 164 Å². The topological polar surface area (TPSA) is 62.5 Å². The first-order valence-corrected chi connectivity index (χ1v) is 8.75. The number of aromatic nitrogens is 1. The summed E-state index contributed by atoms with van der Waals surface area (Å²) in [6.45, 7) is 4.57. The number of piperazine rings is 1. The maximum atomic E-state index is 10.7. The molecule has 0 radical (unpaired) electrons.